The number of imidazole rings is 1. The van der Waals surface area contributed by atoms with E-state index in [1.165, 1.54) is 24.1 Å². The fraction of sp³-hybridized carbons (Fsp3) is 0.514. The summed E-state index contributed by atoms with van der Waals surface area (Å²) in [6, 6.07) is 19.4. The molecule has 3 aliphatic heterocycles. The minimum Gasteiger partial charge on any atom is -0.338 e. The minimum absolute atomic E-state index is 0.0227. The summed E-state index contributed by atoms with van der Waals surface area (Å²) in [5.74, 6) is 1.08. The van der Waals surface area contributed by atoms with E-state index in [-0.39, 0.29) is 12.1 Å². The molecule has 234 valence electrons. The summed E-state index contributed by atoms with van der Waals surface area (Å²) in [6.07, 6.45) is 7.47. The smallest absolute Gasteiger partial charge is 0.326 e. The first kappa shape index (κ1) is 30.2. The molecule has 44 heavy (non-hydrogen) atoms. The van der Waals surface area contributed by atoms with Gasteiger partial charge in [0.15, 0.2) is 0 Å². The Labute approximate surface area is 261 Å². The summed E-state index contributed by atoms with van der Waals surface area (Å²) in [7, 11) is 0. The fourth-order valence-corrected chi connectivity index (χ4v) is 7.56. The molecule has 3 aromatic rings. The lowest BCUT2D eigenvalue weighted by Gasteiger charge is -2.41. The highest BCUT2D eigenvalue weighted by atomic mass is 16.2. The average molecular weight is 598 g/mol. The van der Waals surface area contributed by atoms with Gasteiger partial charge in [-0.2, -0.15) is 0 Å². The van der Waals surface area contributed by atoms with Crippen molar-refractivity contribution in [1.29, 1.82) is 0 Å². The predicted molar refractivity (Wildman–Crippen MR) is 175 cm³/mol. The topological polar surface area (TPSA) is 85.7 Å². The van der Waals surface area contributed by atoms with Crippen LogP contribution in [-0.2, 0) is 13.0 Å². The zero-order valence-corrected chi connectivity index (χ0v) is 26.5. The molecule has 2 bridgehead atoms. The lowest BCUT2D eigenvalue weighted by atomic mass is 9.95. The SMILES string of the molecule is CCCNC(=O)N1CCc2c(nc(C)n2C2C[C@H]3CC[C@@H](C2)N3CCCN(C(=O)Nc2ccc(C)cc2)c2ccccc2)C1. The zero-order valence-electron chi connectivity index (χ0n) is 26.5. The molecule has 0 saturated carbocycles. The number of amides is 4. The van der Waals surface area contributed by atoms with Crippen LogP contribution in [0.5, 0.6) is 0 Å². The number of fused-ring (bicyclic) bond motifs is 3. The number of carbonyl (C=O) groups excluding carboxylic acids is 2. The quantitative estimate of drug-likeness (QED) is 0.304. The number of rotatable bonds is 9. The molecule has 3 atom stereocenters. The molecule has 3 aliphatic rings. The summed E-state index contributed by atoms with van der Waals surface area (Å²) in [5.41, 5.74) is 5.30. The van der Waals surface area contributed by atoms with Crippen molar-refractivity contribution in [3.8, 4) is 0 Å². The molecule has 9 heteroatoms. The fourth-order valence-electron chi connectivity index (χ4n) is 7.56. The van der Waals surface area contributed by atoms with Crippen molar-refractivity contribution >= 4 is 23.4 Å². The summed E-state index contributed by atoms with van der Waals surface area (Å²) >= 11 is 0. The average Bonchev–Trinajstić information content (AvgIpc) is 3.48. The lowest BCUT2D eigenvalue weighted by molar-refractivity contribution is 0.104. The molecule has 0 spiro atoms. The number of aryl methyl sites for hydroxylation is 2. The van der Waals surface area contributed by atoms with E-state index in [2.05, 4.69) is 33.9 Å². The maximum atomic E-state index is 13.4. The monoisotopic (exact) mass is 597 g/mol. The van der Waals surface area contributed by atoms with Crippen molar-refractivity contribution in [2.75, 3.05) is 36.4 Å². The van der Waals surface area contributed by atoms with Crippen LogP contribution in [0, 0.1) is 13.8 Å². The lowest BCUT2D eigenvalue weighted by Crippen LogP contribution is -2.46. The molecule has 6 rings (SSSR count). The highest BCUT2D eigenvalue weighted by Gasteiger charge is 2.42. The van der Waals surface area contributed by atoms with Gasteiger partial charge in [-0.3, -0.25) is 9.80 Å². The Kier molecular flexibility index (Phi) is 9.21. The standard InChI is InChI=1S/C35H47N7O2/c1-4-18-36-34(43)39-21-17-33-32(24-39)37-26(3)42(33)31-22-29-15-16-30(23-31)40(29)19-8-20-41(28-9-6-5-7-10-28)35(44)38-27-13-11-25(2)12-14-27/h5-7,9-14,29-31H,4,8,15-24H2,1-3H3,(H,36,43)(H,38,44)/t29-,30+,31?. The zero-order chi connectivity index (χ0) is 30.6. The molecule has 2 N–H and O–H groups in total. The van der Waals surface area contributed by atoms with Crippen LogP contribution in [0.3, 0.4) is 0 Å². The van der Waals surface area contributed by atoms with E-state index in [4.69, 9.17) is 4.98 Å². The molecular weight excluding hydrogens is 550 g/mol. The summed E-state index contributed by atoms with van der Waals surface area (Å²) in [4.78, 5) is 37.5. The molecule has 0 radical (unpaired) electrons. The third-order valence-corrected chi connectivity index (χ3v) is 9.68. The second-order valence-electron chi connectivity index (χ2n) is 12.7. The molecule has 2 saturated heterocycles. The van der Waals surface area contributed by atoms with Crippen LogP contribution in [0.1, 0.15) is 74.3 Å². The predicted octanol–water partition coefficient (Wildman–Crippen LogP) is 6.27. The van der Waals surface area contributed by atoms with E-state index in [0.717, 1.165) is 68.1 Å². The number of hydrogen-bond donors (Lipinski definition) is 2. The van der Waals surface area contributed by atoms with Gasteiger partial charge >= 0.3 is 12.1 Å². The molecule has 9 nitrogen and oxygen atoms in total. The Morgan fingerprint density at radius 1 is 0.977 bits per heavy atom. The van der Waals surface area contributed by atoms with Crippen LogP contribution in [-0.4, -0.2) is 69.7 Å². The van der Waals surface area contributed by atoms with Crippen LogP contribution >= 0.6 is 0 Å². The van der Waals surface area contributed by atoms with Gasteiger partial charge in [-0.15, -0.1) is 0 Å². The number of carbonyl (C=O) groups is 2. The Hall–Kier alpha value is -3.85. The first-order chi connectivity index (χ1) is 21.4. The maximum Gasteiger partial charge on any atom is 0.326 e. The number of nitrogens with zero attached hydrogens (tertiary/aromatic N) is 5. The van der Waals surface area contributed by atoms with Crippen molar-refractivity contribution in [1.82, 2.24) is 24.7 Å². The van der Waals surface area contributed by atoms with Crippen LogP contribution < -0.4 is 15.5 Å². The molecule has 4 amide bonds. The molecule has 2 aromatic carbocycles. The maximum absolute atomic E-state index is 13.4. The van der Waals surface area contributed by atoms with Gasteiger partial charge in [0.05, 0.1) is 12.2 Å². The van der Waals surface area contributed by atoms with Gasteiger partial charge in [-0.05, 0) is 76.6 Å². The molecule has 1 aromatic heterocycles. The van der Waals surface area contributed by atoms with Crippen molar-refractivity contribution in [3.05, 3.63) is 77.4 Å². The third kappa shape index (κ3) is 6.48. The van der Waals surface area contributed by atoms with E-state index in [1.54, 1.807) is 0 Å². The second-order valence-corrected chi connectivity index (χ2v) is 12.7. The van der Waals surface area contributed by atoms with Crippen molar-refractivity contribution in [2.24, 2.45) is 0 Å². The number of benzene rings is 2. The van der Waals surface area contributed by atoms with E-state index < -0.39 is 0 Å². The van der Waals surface area contributed by atoms with E-state index in [9.17, 15) is 9.59 Å². The number of nitrogens with one attached hydrogen (secondary N) is 2. The van der Waals surface area contributed by atoms with Crippen LogP contribution in [0.4, 0.5) is 21.0 Å². The molecule has 2 fully saturated rings. The van der Waals surface area contributed by atoms with Gasteiger partial charge in [0.25, 0.3) is 0 Å². The Morgan fingerprint density at radius 2 is 1.70 bits per heavy atom. The van der Waals surface area contributed by atoms with Crippen molar-refractivity contribution < 1.29 is 9.59 Å². The second kappa shape index (κ2) is 13.4. The molecule has 0 aliphatic carbocycles. The Balaban J connectivity index is 1.08. The number of hydrogen-bond acceptors (Lipinski definition) is 4. The molecule has 1 unspecified atom stereocenters. The van der Waals surface area contributed by atoms with Gasteiger partial charge in [0.1, 0.15) is 5.82 Å². The van der Waals surface area contributed by atoms with E-state index >= 15 is 0 Å². The van der Waals surface area contributed by atoms with E-state index in [0.29, 0.717) is 37.8 Å². The third-order valence-electron chi connectivity index (χ3n) is 9.68. The summed E-state index contributed by atoms with van der Waals surface area (Å²) in [5, 5.41) is 6.11. The Bertz CT molecular complexity index is 1420. The first-order valence-electron chi connectivity index (χ1n) is 16.5. The molecular formula is C35H47N7O2. The number of urea groups is 2. The first-order valence-corrected chi connectivity index (χ1v) is 16.5. The number of para-hydroxylation sites is 1. The number of piperidine rings is 1. The molecule has 4 heterocycles. The van der Waals surface area contributed by atoms with Crippen LogP contribution in [0.15, 0.2) is 54.6 Å². The number of aromatic nitrogens is 2. The number of anilines is 2. The van der Waals surface area contributed by atoms with Gasteiger partial charge in [-0.1, -0.05) is 42.8 Å². The van der Waals surface area contributed by atoms with Gasteiger partial charge in [0.2, 0.25) is 0 Å². The van der Waals surface area contributed by atoms with Gasteiger partial charge < -0.3 is 20.1 Å². The van der Waals surface area contributed by atoms with Gasteiger partial charge in [0, 0.05) is 67.8 Å². The van der Waals surface area contributed by atoms with Gasteiger partial charge in [-0.25, -0.2) is 14.6 Å². The summed E-state index contributed by atoms with van der Waals surface area (Å²) < 4.78 is 2.52. The summed E-state index contributed by atoms with van der Waals surface area (Å²) in [6.45, 7) is 9.96. The largest absolute Gasteiger partial charge is 0.338 e. The minimum atomic E-state index is -0.0940. The van der Waals surface area contributed by atoms with E-state index in [1.807, 2.05) is 71.3 Å². The highest BCUT2D eigenvalue weighted by Crippen LogP contribution is 2.42. The van der Waals surface area contributed by atoms with Crippen LogP contribution in [0.2, 0.25) is 0 Å². The normalized spacial score (nSPS) is 21.2. The Morgan fingerprint density at radius 3 is 2.41 bits per heavy atom. The highest BCUT2D eigenvalue weighted by molar-refractivity contribution is 6.01. The van der Waals surface area contributed by atoms with Crippen LogP contribution in [0.25, 0.3) is 0 Å². The van der Waals surface area contributed by atoms with Crippen molar-refractivity contribution in [3.63, 3.8) is 0 Å². The van der Waals surface area contributed by atoms with Crippen molar-refractivity contribution in [2.45, 2.75) is 90.4 Å².